The second-order valence-corrected chi connectivity index (χ2v) is 7.78. The van der Waals surface area contributed by atoms with Crippen LogP contribution in [0, 0.1) is 6.92 Å². The van der Waals surface area contributed by atoms with Crippen molar-refractivity contribution in [2.75, 3.05) is 13.1 Å². The highest BCUT2D eigenvalue weighted by molar-refractivity contribution is 5.85. The monoisotopic (exact) mass is 371 g/mol. The van der Waals surface area contributed by atoms with Crippen LogP contribution in [-0.2, 0) is 6.54 Å². The van der Waals surface area contributed by atoms with E-state index in [0.717, 1.165) is 25.3 Å². The highest BCUT2D eigenvalue weighted by atomic mass is 15.2. The maximum absolute atomic E-state index is 3.94. The number of rotatable bonds is 4. The van der Waals surface area contributed by atoms with Gasteiger partial charge in [0, 0.05) is 37.3 Å². The zero-order valence-electron chi connectivity index (χ0n) is 16.2. The zero-order chi connectivity index (χ0) is 18.9. The summed E-state index contributed by atoms with van der Waals surface area (Å²) < 4.78 is 4.47. The Labute approximate surface area is 165 Å². The number of aromatic nitrogens is 4. The maximum atomic E-state index is 3.94. The molecule has 0 unspecified atom stereocenters. The Morgan fingerprint density at radius 3 is 2.46 bits per heavy atom. The van der Waals surface area contributed by atoms with Crippen molar-refractivity contribution in [2.45, 2.75) is 32.4 Å². The van der Waals surface area contributed by atoms with Crippen molar-refractivity contribution in [3.8, 4) is 5.69 Å². The predicted octanol–water partition coefficient (Wildman–Crippen LogP) is 4.37. The minimum absolute atomic E-state index is 0.555. The number of benzene rings is 2. The van der Waals surface area contributed by atoms with Gasteiger partial charge in [0.25, 0.3) is 0 Å². The first-order valence-electron chi connectivity index (χ1n) is 10.0. The van der Waals surface area contributed by atoms with E-state index in [0.29, 0.717) is 6.04 Å². The lowest BCUT2D eigenvalue weighted by molar-refractivity contribution is 0.181. The zero-order valence-corrected chi connectivity index (χ0v) is 16.2. The quantitative estimate of drug-likeness (QED) is 0.535. The van der Waals surface area contributed by atoms with Gasteiger partial charge in [0.2, 0.25) is 0 Å². The molecule has 1 fully saturated rings. The van der Waals surface area contributed by atoms with Crippen molar-refractivity contribution in [3.63, 3.8) is 0 Å². The van der Waals surface area contributed by atoms with Crippen LogP contribution >= 0.6 is 0 Å². The van der Waals surface area contributed by atoms with Crippen molar-refractivity contribution < 1.29 is 0 Å². The Balaban J connectivity index is 1.37. The molecule has 5 nitrogen and oxygen atoms in total. The topological polar surface area (TPSA) is 38.9 Å². The van der Waals surface area contributed by atoms with Gasteiger partial charge >= 0.3 is 0 Å². The molecule has 1 aliphatic heterocycles. The molecular formula is C23H25N5. The van der Waals surface area contributed by atoms with E-state index in [-0.39, 0.29) is 0 Å². The minimum Gasteiger partial charge on any atom is -0.344 e. The Kier molecular flexibility index (Phi) is 4.45. The van der Waals surface area contributed by atoms with Crippen LogP contribution < -0.4 is 0 Å². The number of hydrogen-bond donors (Lipinski definition) is 0. The van der Waals surface area contributed by atoms with E-state index in [1.54, 1.807) is 12.7 Å². The molecule has 142 valence electrons. The number of aryl methyl sites for hydroxylation is 1. The van der Waals surface area contributed by atoms with Gasteiger partial charge in [0.1, 0.15) is 12.7 Å². The van der Waals surface area contributed by atoms with Gasteiger partial charge in [-0.1, -0.05) is 36.4 Å². The Bertz CT molecular complexity index is 1060. The Morgan fingerprint density at radius 2 is 1.71 bits per heavy atom. The molecule has 4 aromatic rings. The summed E-state index contributed by atoms with van der Waals surface area (Å²) in [6.07, 6.45) is 8.21. The van der Waals surface area contributed by atoms with E-state index in [4.69, 9.17) is 0 Å². The van der Waals surface area contributed by atoms with Crippen LogP contribution in [0.25, 0.3) is 16.6 Å². The molecule has 5 rings (SSSR count). The fourth-order valence-corrected chi connectivity index (χ4v) is 4.41. The van der Waals surface area contributed by atoms with Crippen LogP contribution in [0.15, 0.2) is 67.4 Å². The van der Waals surface area contributed by atoms with Crippen molar-refractivity contribution in [3.05, 3.63) is 78.5 Å². The van der Waals surface area contributed by atoms with Crippen LogP contribution in [0.5, 0.6) is 0 Å². The van der Waals surface area contributed by atoms with Gasteiger partial charge in [-0.25, -0.2) is 0 Å². The first-order chi connectivity index (χ1) is 13.8. The minimum atomic E-state index is 0.555. The molecule has 2 aromatic carbocycles. The van der Waals surface area contributed by atoms with Gasteiger partial charge in [-0.15, -0.1) is 10.2 Å². The summed E-state index contributed by atoms with van der Waals surface area (Å²) in [6, 6.07) is 18.0. The smallest absolute Gasteiger partial charge is 0.123 e. The standard InChI is InChI=1S/C23H25N5/c1-18-14-28(23-13-21(7-8-22(18)23)27-16-24-25-17-27)20-9-11-26(12-10-20)15-19-5-3-2-4-6-19/h2-8,13-14,16-17,20H,9-12,15H2,1H3. The van der Waals surface area contributed by atoms with Crippen molar-refractivity contribution in [2.24, 2.45) is 0 Å². The number of fused-ring (bicyclic) bond motifs is 1. The van der Waals surface area contributed by atoms with E-state index in [9.17, 15) is 0 Å². The lowest BCUT2D eigenvalue weighted by atomic mass is 10.0. The van der Waals surface area contributed by atoms with E-state index in [2.05, 4.69) is 81.3 Å². The molecule has 2 aromatic heterocycles. The predicted molar refractivity (Wildman–Crippen MR) is 112 cm³/mol. The molecule has 1 aliphatic rings. The van der Waals surface area contributed by atoms with Crippen LogP contribution in [0.4, 0.5) is 0 Å². The van der Waals surface area contributed by atoms with Crippen LogP contribution in [0.1, 0.15) is 30.0 Å². The molecule has 0 radical (unpaired) electrons. The van der Waals surface area contributed by atoms with Crippen molar-refractivity contribution in [1.82, 2.24) is 24.2 Å². The van der Waals surface area contributed by atoms with Gasteiger partial charge in [-0.05, 0) is 43.0 Å². The van der Waals surface area contributed by atoms with E-state index in [1.165, 1.54) is 34.9 Å². The number of piperidine rings is 1. The lowest BCUT2D eigenvalue weighted by Gasteiger charge is -2.33. The molecule has 0 saturated carbocycles. The van der Waals surface area contributed by atoms with Crippen molar-refractivity contribution in [1.29, 1.82) is 0 Å². The number of likely N-dealkylation sites (tertiary alicyclic amines) is 1. The van der Waals surface area contributed by atoms with Crippen LogP contribution in [0.3, 0.4) is 0 Å². The van der Waals surface area contributed by atoms with E-state index in [1.807, 2.05) is 4.57 Å². The van der Waals surface area contributed by atoms with Crippen LogP contribution in [-0.4, -0.2) is 37.3 Å². The highest BCUT2D eigenvalue weighted by Gasteiger charge is 2.22. The third kappa shape index (κ3) is 3.22. The average molecular weight is 371 g/mol. The molecular weight excluding hydrogens is 346 g/mol. The maximum Gasteiger partial charge on any atom is 0.123 e. The molecule has 3 heterocycles. The SMILES string of the molecule is Cc1cn(C2CCN(Cc3ccccc3)CC2)c2cc(-n3cnnc3)ccc12. The lowest BCUT2D eigenvalue weighted by Crippen LogP contribution is -2.34. The first-order valence-corrected chi connectivity index (χ1v) is 10.0. The summed E-state index contributed by atoms with van der Waals surface area (Å²) >= 11 is 0. The third-order valence-electron chi connectivity index (χ3n) is 5.93. The molecule has 28 heavy (non-hydrogen) atoms. The Hall–Kier alpha value is -2.92. The van der Waals surface area contributed by atoms with Crippen molar-refractivity contribution >= 4 is 10.9 Å². The Morgan fingerprint density at radius 1 is 0.964 bits per heavy atom. The number of nitrogens with zero attached hydrogens (tertiary/aromatic N) is 5. The van der Waals surface area contributed by atoms with Gasteiger partial charge in [0.15, 0.2) is 0 Å². The molecule has 0 N–H and O–H groups in total. The fourth-order valence-electron chi connectivity index (χ4n) is 4.41. The average Bonchev–Trinajstić information content (AvgIpc) is 3.38. The first kappa shape index (κ1) is 17.2. The molecule has 0 bridgehead atoms. The van der Waals surface area contributed by atoms with Crippen LogP contribution in [0.2, 0.25) is 0 Å². The third-order valence-corrected chi connectivity index (χ3v) is 5.93. The molecule has 0 amide bonds. The van der Waals surface area contributed by atoms with Gasteiger partial charge in [0.05, 0.1) is 11.2 Å². The summed E-state index contributed by atoms with van der Waals surface area (Å²) in [7, 11) is 0. The molecule has 1 saturated heterocycles. The largest absolute Gasteiger partial charge is 0.344 e. The molecule has 0 atom stereocenters. The van der Waals surface area contributed by atoms with E-state index < -0.39 is 0 Å². The summed E-state index contributed by atoms with van der Waals surface area (Å²) in [5, 5.41) is 9.22. The summed E-state index contributed by atoms with van der Waals surface area (Å²) in [5.41, 5.74) is 5.17. The van der Waals surface area contributed by atoms with E-state index >= 15 is 0 Å². The summed E-state index contributed by atoms with van der Waals surface area (Å²) in [4.78, 5) is 2.58. The highest BCUT2D eigenvalue weighted by Crippen LogP contribution is 2.31. The van der Waals surface area contributed by atoms with Gasteiger partial charge in [-0.2, -0.15) is 0 Å². The van der Waals surface area contributed by atoms with Gasteiger partial charge < -0.3 is 4.57 Å². The normalized spacial score (nSPS) is 16.0. The molecule has 0 aliphatic carbocycles. The summed E-state index contributed by atoms with van der Waals surface area (Å²) in [5.74, 6) is 0. The second-order valence-electron chi connectivity index (χ2n) is 7.78. The fraction of sp³-hybridized carbons (Fsp3) is 0.304. The second kappa shape index (κ2) is 7.24. The van der Waals surface area contributed by atoms with Gasteiger partial charge in [-0.3, -0.25) is 9.47 Å². The molecule has 0 spiro atoms. The molecule has 5 heteroatoms. The summed E-state index contributed by atoms with van der Waals surface area (Å²) in [6.45, 7) is 5.55. The number of hydrogen-bond acceptors (Lipinski definition) is 3.